The number of benzene rings is 2. The number of carbonyl (C=O) groups excluding carboxylic acids is 3. The monoisotopic (exact) mass is 830 g/mol. The van der Waals surface area contributed by atoms with Gasteiger partial charge in [-0.25, -0.2) is 4.98 Å². The second kappa shape index (κ2) is 20.5. The van der Waals surface area contributed by atoms with Crippen molar-refractivity contribution in [2.75, 3.05) is 84.1 Å². The van der Waals surface area contributed by atoms with Crippen molar-refractivity contribution in [3.05, 3.63) is 69.2 Å². The van der Waals surface area contributed by atoms with Crippen LogP contribution in [0.1, 0.15) is 90.5 Å². The van der Waals surface area contributed by atoms with Gasteiger partial charge in [0.2, 0.25) is 5.91 Å². The first-order chi connectivity index (χ1) is 28.7. The highest BCUT2D eigenvalue weighted by Crippen LogP contribution is 2.39. The molecule has 1 saturated carbocycles. The van der Waals surface area contributed by atoms with Crippen LogP contribution in [0.25, 0.3) is 0 Å². The first kappa shape index (κ1) is 43.0. The topological polar surface area (TPSA) is 155 Å². The number of anilines is 1. The summed E-state index contributed by atoms with van der Waals surface area (Å²) in [5.41, 5.74) is 4.08. The van der Waals surface area contributed by atoms with Gasteiger partial charge >= 0.3 is 0 Å². The lowest BCUT2D eigenvalue weighted by atomic mass is 9.89. The standard InChI is InChI=1S/C45H62N6O7S/c1-31(2)43-48-37(29-59-43)44(55)51-23-25-58-45(30-51)15-21-50(22-16-45)20-13-32-6-5-7-33(26-32)14-24-56-27-36(34-8-3-4-9-34)42(54)47-19-18-46-17-12-35-10-11-38(52)40-41(35)57-28-39(53)49-40/h5-7,10-11,26,29,31,34,36,46,52H,3-4,8-9,12-25,27-28,30H2,1-2H3,(H,47,54)(H,49,53). The molecule has 0 radical (unpaired) electrons. The van der Waals surface area contributed by atoms with Crippen LogP contribution in [0, 0.1) is 11.8 Å². The highest BCUT2D eigenvalue weighted by atomic mass is 32.1. The van der Waals surface area contributed by atoms with Crippen molar-refractivity contribution in [3.8, 4) is 11.5 Å². The quantitative estimate of drug-likeness (QED) is 0.0999. The first-order valence-corrected chi connectivity index (χ1v) is 22.6. The van der Waals surface area contributed by atoms with Gasteiger partial charge in [0.1, 0.15) is 17.1 Å². The number of hydrogen-bond acceptors (Lipinski definition) is 11. The molecular formula is C45H62N6O7S. The largest absolute Gasteiger partial charge is 0.506 e. The van der Waals surface area contributed by atoms with Crippen LogP contribution in [0.4, 0.5) is 5.69 Å². The molecule has 59 heavy (non-hydrogen) atoms. The zero-order valence-corrected chi connectivity index (χ0v) is 35.6. The van der Waals surface area contributed by atoms with E-state index in [9.17, 15) is 19.5 Å². The van der Waals surface area contributed by atoms with E-state index in [1.807, 2.05) is 16.3 Å². The Hall–Kier alpha value is -4.08. The number of fused-ring (bicyclic) bond motifs is 1. The van der Waals surface area contributed by atoms with Crippen LogP contribution in [0.5, 0.6) is 11.5 Å². The number of aromatic hydroxyl groups is 1. The molecule has 2 saturated heterocycles. The van der Waals surface area contributed by atoms with Gasteiger partial charge in [-0.2, -0.15) is 0 Å². The number of nitrogens with one attached hydrogen (secondary N) is 3. The van der Waals surface area contributed by atoms with Crippen LogP contribution in [0.2, 0.25) is 0 Å². The van der Waals surface area contributed by atoms with E-state index >= 15 is 0 Å². The lowest BCUT2D eigenvalue weighted by molar-refractivity contribution is -0.129. The Morgan fingerprint density at radius 1 is 1.05 bits per heavy atom. The highest BCUT2D eigenvalue weighted by Gasteiger charge is 2.41. The first-order valence-electron chi connectivity index (χ1n) is 21.7. The Balaban J connectivity index is 0.795. The minimum absolute atomic E-state index is 0.00977. The van der Waals surface area contributed by atoms with Crippen LogP contribution in [0.15, 0.2) is 41.8 Å². The number of phenols is 1. The molecule has 3 aliphatic heterocycles. The van der Waals surface area contributed by atoms with Crippen LogP contribution >= 0.6 is 11.3 Å². The Morgan fingerprint density at radius 3 is 2.63 bits per heavy atom. The molecule has 4 heterocycles. The van der Waals surface area contributed by atoms with Crippen molar-refractivity contribution in [3.63, 3.8) is 0 Å². The fraction of sp³-hybridized carbons (Fsp3) is 0.600. The van der Waals surface area contributed by atoms with Gasteiger partial charge in [-0.1, -0.05) is 57.0 Å². The molecule has 1 spiro atoms. The molecule has 1 unspecified atom stereocenters. The number of aromatic nitrogens is 1. The highest BCUT2D eigenvalue weighted by molar-refractivity contribution is 7.09. The van der Waals surface area contributed by atoms with E-state index in [4.69, 9.17) is 14.2 Å². The van der Waals surface area contributed by atoms with Gasteiger partial charge in [0, 0.05) is 50.6 Å². The maximum atomic E-state index is 13.4. The summed E-state index contributed by atoms with van der Waals surface area (Å²) in [5.74, 6) is 0.834. The molecule has 2 aromatic carbocycles. The molecule has 3 amide bonds. The average Bonchev–Trinajstić information content (AvgIpc) is 3.97. The molecule has 1 atom stereocenters. The van der Waals surface area contributed by atoms with Gasteiger partial charge < -0.3 is 45.1 Å². The second-order valence-electron chi connectivity index (χ2n) is 16.9. The minimum atomic E-state index is -0.284. The summed E-state index contributed by atoms with van der Waals surface area (Å²) in [7, 11) is 0. The number of rotatable bonds is 18. The Labute approximate surface area is 352 Å². The fourth-order valence-electron chi connectivity index (χ4n) is 8.90. The molecule has 3 fully saturated rings. The van der Waals surface area contributed by atoms with Crippen molar-refractivity contribution in [2.24, 2.45) is 11.8 Å². The molecule has 13 nitrogen and oxygen atoms in total. The number of morpholine rings is 1. The lowest BCUT2D eigenvalue weighted by Gasteiger charge is -2.47. The third kappa shape index (κ3) is 11.4. The second-order valence-corrected chi connectivity index (χ2v) is 17.8. The molecular weight excluding hydrogens is 769 g/mol. The van der Waals surface area contributed by atoms with Gasteiger partial charge in [0.15, 0.2) is 12.4 Å². The smallest absolute Gasteiger partial charge is 0.273 e. The average molecular weight is 831 g/mol. The molecule has 1 aliphatic carbocycles. The number of nitrogens with zero attached hydrogens (tertiary/aromatic N) is 3. The summed E-state index contributed by atoms with van der Waals surface area (Å²) in [4.78, 5) is 47.5. The van der Waals surface area contributed by atoms with Crippen LogP contribution < -0.4 is 20.7 Å². The Kier molecular flexibility index (Phi) is 14.9. The minimum Gasteiger partial charge on any atom is -0.506 e. The van der Waals surface area contributed by atoms with Crippen molar-refractivity contribution < 1.29 is 33.7 Å². The van der Waals surface area contributed by atoms with Crippen molar-refractivity contribution in [2.45, 2.75) is 83.2 Å². The van der Waals surface area contributed by atoms with E-state index < -0.39 is 0 Å². The summed E-state index contributed by atoms with van der Waals surface area (Å²) >= 11 is 1.57. The van der Waals surface area contributed by atoms with E-state index in [0.29, 0.717) is 87.9 Å². The summed E-state index contributed by atoms with van der Waals surface area (Å²) in [6.45, 7) is 11.7. The predicted octanol–water partition coefficient (Wildman–Crippen LogP) is 5.17. The van der Waals surface area contributed by atoms with Crippen LogP contribution in [-0.2, 0) is 38.3 Å². The maximum absolute atomic E-state index is 13.4. The lowest BCUT2D eigenvalue weighted by Crippen LogP contribution is -2.58. The van der Waals surface area contributed by atoms with Gasteiger partial charge in [0.05, 0.1) is 42.9 Å². The SMILES string of the molecule is CC(C)c1nc(C(=O)N2CCOC3(CCN(CCc4cccc(CCOCC(C(=O)NCCNCCc5ccc(O)c6c5OCC(=O)N6)C5CCCC5)c4)CC3)C2)cs1. The summed E-state index contributed by atoms with van der Waals surface area (Å²) in [6, 6.07) is 12.2. The van der Waals surface area contributed by atoms with Crippen LogP contribution in [0.3, 0.4) is 0 Å². The predicted molar refractivity (Wildman–Crippen MR) is 228 cm³/mol. The molecule has 3 aromatic rings. The van der Waals surface area contributed by atoms with E-state index in [1.54, 1.807) is 17.4 Å². The summed E-state index contributed by atoms with van der Waals surface area (Å²) in [6.07, 6.45) is 8.73. The number of piperidine rings is 1. The third-order valence-corrected chi connectivity index (χ3v) is 13.5. The molecule has 7 rings (SSSR count). The molecule has 4 N–H and O–H groups in total. The zero-order valence-electron chi connectivity index (χ0n) is 34.8. The zero-order chi connectivity index (χ0) is 41.2. The Morgan fingerprint density at radius 2 is 1.85 bits per heavy atom. The van der Waals surface area contributed by atoms with Crippen LogP contribution in [-0.4, -0.2) is 122 Å². The van der Waals surface area contributed by atoms with Gasteiger partial charge in [-0.15, -0.1) is 11.3 Å². The molecule has 1 aromatic heterocycles. The number of ether oxygens (including phenoxy) is 3. The van der Waals surface area contributed by atoms with E-state index in [1.165, 1.54) is 11.1 Å². The Bertz CT molecular complexity index is 1890. The molecule has 320 valence electrons. The van der Waals surface area contributed by atoms with Gasteiger partial charge in [-0.05, 0) is 80.2 Å². The van der Waals surface area contributed by atoms with Crippen molar-refractivity contribution >= 4 is 34.7 Å². The van der Waals surface area contributed by atoms with E-state index in [2.05, 4.69) is 63.9 Å². The number of hydrogen-bond donors (Lipinski definition) is 4. The maximum Gasteiger partial charge on any atom is 0.273 e. The summed E-state index contributed by atoms with van der Waals surface area (Å²) in [5, 5.41) is 22.2. The summed E-state index contributed by atoms with van der Waals surface area (Å²) < 4.78 is 18.2. The molecule has 4 aliphatic rings. The number of thiazole rings is 1. The van der Waals surface area contributed by atoms with E-state index in [0.717, 1.165) is 81.6 Å². The number of carbonyl (C=O) groups is 3. The molecule has 0 bridgehead atoms. The van der Waals surface area contributed by atoms with E-state index in [-0.39, 0.29) is 41.6 Å². The number of amides is 3. The number of phenolic OH excluding ortho intramolecular Hbond substituents is 1. The van der Waals surface area contributed by atoms with Gasteiger partial charge in [0.25, 0.3) is 11.8 Å². The van der Waals surface area contributed by atoms with Crippen molar-refractivity contribution in [1.29, 1.82) is 0 Å². The van der Waals surface area contributed by atoms with Gasteiger partial charge in [-0.3, -0.25) is 14.4 Å². The van der Waals surface area contributed by atoms with Crippen molar-refractivity contribution in [1.82, 2.24) is 25.4 Å². The number of likely N-dealkylation sites (tertiary alicyclic amines) is 1. The normalized spacial score (nSPS) is 18.8. The fourth-order valence-corrected chi connectivity index (χ4v) is 9.71. The third-order valence-electron chi connectivity index (χ3n) is 12.4. The molecule has 14 heteroatoms.